The molecule has 10 rings (SSSR count). The van der Waals surface area contributed by atoms with Crippen molar-refractivity contribution in [3.05, 3.63) is 243 Å². The summed E-state index contributed by atoms with van der Waals surface area (Å²) in [6.45, 7) is -0.325. The summed E-state index contributed by atoms with van der Waals surface area (Å²) >= 11 is 0. The van der Waals surface area contributed by atoms with Crippen molar-refractivity contribution in [2.45, 2.75) is 48.9 Å². The van der Waals surface area contributed by atoms with Crippen LogP contribution in [0.25, 0.3) is 0 Å². The van der Waals surface area contributed by atoms with Crippen molar-refractivity contribution in [1.29, 1.82) is 0 Å². The number of imide groups is 1. The molecule has 7 aromatic carbocycles. The average molecular weight is 1050 g/mol. The molecule has 0 radical (unpaired) electrons. The van der Waals surface area contributed by atoms with Crippen LogP contribution in [0.5, 0.6) is 5.75 Å². The molecule has 0 aliphatic carbocycles. The molecule has 0 bridgehead atoms. The van der Waals surface area contributed by atoms with Gasteiger partial charge in [-0.25, -0.2) is 9.69 Å². The second kappa shape index (κ2) is 23.1. The number of nitrogens with zero attached hydrogens (tertiary/aromatic N) is 4. The van der Waals surface area contributed by atoms with Gasteiger partial charge in [0.05, 0.1) is 47.9 Å². The van der Waals surface area contributed by atoms with Gasteiger partial charge in [0.1, 0.15) is 36.5 Å². The van der Waals surface area contributed by atoms with Gasteiger partial charge in [-0.1, -0.05) is 151 Å². The molecule has 3 heterocycles. The number of carbonyl (C=O) groups excluding carboxylic acids is 4. The van der Waals surface area contributed by atoms with Crippen molar-refractivity contribution >= 4 is 35.3 Å². The molecule has 7 atom stereocenters. The van der Waals surface area contributed by atoms with E-state index >= 15 is 19.2 Å². The highest BCUT2D eigenvalue weighted by molar-refractivity contribution is 6.23. The third-order valence-corrected chi connectivity index (χ3v) is 14.5. The first-order valence-electron chi connectivity index (χ1n) is 25.5. The molecule has 78 heavy (non-hydrogen) atoms. The Morgan fingerprint density at radius 2 is 1.45 bits per heavy atom. The number of non-ortho nitro benzene ring substituents is 1. The number of fused-ring (bicyclic) bond motifs is 3. The van der Waals surface area contributed by atoms with Crippen LogP contribution in [0.3, 0.4) is 0 Å². The minimum atomic E-state index is -2.24. The number of aliphatic hydroxyl groups excluding tert-OH is 2. The van der Waals surface area contributed by atoms with Crippen LogP contribution in [0.4, 0.5) is 16.2 Å². The Labute approximate surface area is 450 Å². The highest BCUT2D eigenvalue weighted by atomic mass is 16.6. The molecule has 2 saturated heterocycles. The third-order valence-electron chi connectivity index (χ3n) is 14.5. The van der Waals surface area contributed by atoms with Crippen LogP contribution in [0.2, 0.25) is 0 Å². The quantitative estimate of drug-likeness (QED) is 0.0362. The molecule has 7 unspecified atom stereocenters. The molecule has 2 fully saturated rings. The Balaban J connectivity index is 1.21. The van der Waals surface area contributed by atoms with Crippen molar-refractivity contribution < 1.29 is 48.5 Å². The average Bonchev–Trinajstić information content (AvgIpc) is 3.99. The maximum absolute atomic E-state index is 16.8. The number of nitro benzene ring substituents is 1. The normalized spacial score (nSPS) is 20.7. The Hall–Kier alpha value is -8.98. The summed E-state index contributed by atoms with van der Waals surface area (Å²) in [5, 5.41) is 36.2. The van der Waals surface area contributed by atoms with Gasteiger partial charge in [0.2, 0.25) is 11.8 Å². The van der Waals surface area contributed by atoms with E-state index in [0.29, 0.717) is 46.5 Å². The largest absolute Gasteiger partial charge is 0.491 e. The number of cyclic esters (lactones) is 1. The minimum absolute atomic E-state index is 0.0467. The number of aliphatic hydroxyl groups is 2. The third kappa shape index (κ3) is 10.2. The summed E-state index contributed by atoms with van der Waals surface area (Å²) in [4.78, 5) is 79.1. The molecule has 3 aliphatic rings. The lowest BCUT2D eigenvalue weighted by Gasteiger charge is -2.46. The Kier molecular flexibility index (Phi) is 15.5. The van der Waals surface area contributed by atoms with E-state index in [9.17, 15) is 20.3 Å². The lowest BCUT2D eigenvalue weighted by Crippen LogP contribution is -2.56. The van der Waals surface area contributed by atoms with Gasteiger partial charge < -0.3 is 29.7 Å². The van der Waals surface area contributed by atoms with Crippen LogP contribution in [0, 0.1) is 27.9 Å². The highest BCUT2D eigenvalue weighted by Crippen LogP contribution is 2.66. The molecule has 1 spiro atoms. The number of amides is 3. The van der Waals surface area contributed by atoms with E-state index in [1.807, 2.05) is 108 Å². The number of hydrogen-bond acceptors (Lipinski definition) is 13. The number of morpholine rings is 1. The molecule has 3 N–H and O–H groups in total. The smallest absolute Gasteiger partial charge is 0.421 e. The number of benzene rings is 7. The Bertz CT molecular complexity index is 3380. The van der Waals surface area contributed by atoms with Crippen LogP contribution in [0.15, 0.2) is 188 Å². The molecule has 3 aliphatic heterocycles. The van der Waals surface area contributed by atoms with Gasteiger partial charge in [0.25, 0.3) is 5.69 Å². The van der Waals surface area contributed by atoms with E-state index in [1.165, 1.54) is 24.3 Å². The zero-order chi connectivity index (χ0) is 54.3. The zero-order valence-electron chi connectivity index (χ0n) is 42.5. The predicted molar refractivity (Wildman–Crippen MR) is 288 cm³/mol. The van der Waals surface area contributed by atoms with Gasteiger partial charge in [-0.05, 0) is 76.8 Å². The highest BCUT2D eigenvalue weighted by Gasteiger charge is 2.76. The van der Waals surface area contributed by atoms with E-state index in [0.717, 1.165) is 10.5 Å². The number of carbonyl (C=O) groups is 4. The van der Waals surface area contributed by atoms with Crippen molar-refractivity contribution in [1.82, 2.24) is 15.1 Å². The monoisotopic (exact) mass is 1050 g/mol. The number of esters is 1. The van der Waals surface area contributed by atoms with Crippen LogP contribution in [0.1, 0.15) is 68.8 Å². The summed E-state index contributed by atoms with van der Waals surface area (Å²) in [6, 6.07) is 50.5. The fraction of sp³-hybridized carbons (Fsp3) is 0.226. The molecule has 16 nitrogen and oxygen atoms in total. The van der Waals surface area contributed by atoms with Gasteiger partial charge in [-0.2, -0.15) is 0 Å². The van der Waals surface area contributed by atoms with E-state index in [2.05, 4.69) is 17.2 Å². The number of para-hydroxylation sites is 1. The van der Waals surface area contributed by atoms with Gasteiger partial charge >= 0.3 is 12.1 Å². The fourth-order valence-corrected chi connectivity index (χ4v) is 11.2. The molecule has 0 aromatic heterocycles. The van der Waals surface area contributed by atoms with Crippen molar-refractivity contribution in [2.24, 2.45) is 5.92 Å². The first-order chi connectivity index (χ1) is 38.0. The lowest BCUT2D eigenvalue weighted by molar-refractivity contribution is -0.384. The van der Waals surface area contributed by atoms with Crippen molar-refractivity contribution in [3.63, 3.8) is 0 Å². The standard InChI is InChI=1S/C62H55N5O11/c1-64(39-42-17-6-2-7-18-42)34-16-19-41-30-33-50-49(37-41)62(60(72)65(50)61(73)77-40-43-28-31-47(32-29-43)67(74)75)53(58(70)63-38-51(69)44-20-8-3-9-21-44)55-59(71)78-56(46-24-12-5-13-25-46)54(45-22-10-4-11-23-45)66(55)57(62)48-26-14-15-27-52(48)76-36-35-68/h2-15,17-18,20-33,37,51,53-57,68-69H,34-36,38-40H2,1H3,(H,63,70). The number of nitrogens with one attached hydrogen (secondary N) is 1. The van der Waals surface area contributed by atoms with Crippen molar-refractivity contribution in [3.8, 4) is 17.6 Å². The summed E-state index contributed by atoms with van der Waals surface area (Å²) in [6.07, 6.45) is -3.37. The topological polar surface area (TPSA) is 201 Å². The Morgan fingerprint density at radius 3 is 2.13 bits per heavy atom. The fourth-order valence-electron chi connectivity index (χ4n) is 11.2. The molecular weight excluding hydrogens is 991 g/mol. The van der Waals surface area contributed by atoms with Gasteiger partial charge in [-0.15, -0.1) is 0 Å². The second-order valence-corrected chi connectivity index (χ2v) is 19.4. The van der Waals surface area contributed by atoms with Crippen molar-refractivity contribution in [2.75, 3.05) is 38.3 Å². The predicted octanol–water partition coefficient (Wildman–Crippen LogP) is 8.30. The van der Waals surface area contributed by atoms with E-state index in [4.69, 9.17) is 14.2 Å². The molecule has 0 saturated carbocycles. The summed E-state index contributed by atoms with van der Waals surface area (Å²) < 4.78 is 18.9. The van der Waals surface area contributed by atoms with Crippen LogP contribution >= 0.6 is 0 Å². The molecular formula is C62H55N5O11. The zero-order valence-corrected chi connectivity index (χ0v) is 42.5. The van der Waals surface area contributed by atoms with E-state index < -0.39 is 77.1 Å². The first kappa shape index (κ1) is 52.5. The van der Waals surface area contributed by atoms with E-state index in [-0.39, 0.29) is 42.4 Å². The second-order valence-electron chi connectivity index (χ2n) is 19.4. The molecule has 394 valence electrons. The first-order valence-corrected chi connectivity index (χ1v) is 25.5. The summed E-state index contributed by atoms with van der Waals surface area (Å²) in [5.41, 5.74) is 1.84. The lowest BCUT2D eigenvalue weighted by atomic mass is 9.65. The van der Waals surface area contributed by atoms with Gasteiger partial charge in [0, 0.05) is 36.3 Å². The number of nitro groups is 1. The SMILES string of the molecule is CN(CC#Cc1ccc2c(c1)C1(C(=O)N2C(=O)OCc2ccc([N+](=O)[O-])cc2)C(C(=O)NCC(O)c2ccccc2)C2C(=O)OC(c3ccccc3)C(c3ccccc3)N2C1c1ccccc1OCCO)Cc1ccccc1. The van der Waals surface area contributed by atoms with Crippen LogP contribution in [-0.2, 0) is 42.4 Å². The van der Waals surface area contributed by atoms with Crippen LogP contribution < -0.4 is 15.0 Å². The summed E-state index contributed by atoms with van der Waals surface area (Å²) in [5.74, 6) is 2.48. The maximum Gasteiger partial charge on any atom is 0.421 e. The Morgan fingerprint density at radius 1 is 0.808 bits per heavy atom. The number of anilines is 1. The number of rotatable bonds is 16. The number of hydrogen-bond donors (Lipinski definition) is 3. The molecule has 3 amide bonds. The van der Waals surface area contributed by atoms with E-state index in [1.54, 1.807) is 72.8 Å². The maximum atomic E-state index is 16.8. The number of ether oxygens (including phenoxy) is 3. The minimum Gasteiger partial charge on any atom is -0.491 e. The molecule has 7 aromatic rings. The molecule has 16 heteroatoms. The van der Waals surface area contributed by atoms with Gasteiger partial charge in [0.15, 0.2) is 0 Å². The van der Waals surface area contributed by atoms with Crippen LogP contribution in [-0.4, -0.2) is 88.2 Å². The summed E-state index contributed by atoms with van der Waals surface area (Å²) in [7, 11) is 1.94. The van der Waals surface area contributed by atoms with Gasteiger partial charge in [-0.3, -0.25) is 34.3 Å².